The lowest BCUT2D eigenvalue weighted by Crippen LogP contribution is -2.27. The Hall–Kier alpha value is -1.03. The predicted molar refractivity (Wildman–Crippen MR) is 65.1 cm³/mol. The second-order valence-corrected chi connectivity index (χ2v) is 5.15. The monoisotopic (exact) mass is 257 g/mol. The fraction of sp³-hybridized carbons (Fsp3) is 0.571. The fourth-order valence-corrected chi connectivity index (χ4v) is 2.60. The minimum atomic E-state index is -4.26. The molecule has 0 bridgehead atoms. The number of alkyl halides is 3. The van der Waals surface area contributed by atoms with E-state index in [1.54, 1.807) is 12.1 Å². The van der Waals surface area contributed by atoms with Crippen molar-refractivity contribution in [1.29, 1.82) is 0 Å². The van der Waals surface area contributed by atoms with Gasteiger partial charge in [0, 0.05) is 12.6 Å². The minimum absolute atomic E-state index is 0.299. The van der Waals surface area contributed by atoms with Gasteiger partial charge in [-0.05, 0) is 36.8 Å². The van der Waals surface area contributed by atoms with Gasteiger partial charge in [-0.2, -0.15) is 13.2 Å². The molecule has 2 atom stereocenters. The molecule has 1 fully saturated rings. The Morgan fingerprint density at radius 1 is 1.22 bits per heavy atom. The Bertz CT molecular complexity index is 400. The maximum Gasteiger partial charge on any atom is 0.416 e. The molecule has 0 spiro atoms. The Morgan fingerprint density at radius 2 is 1.94 bits per heavy atom. The molecule has 2 unspecified atom stereocenters. The third-order valence-corrected chi connectivity index (χ3v) is 3.60. The summed E-state index contributed by atoms with van der Waals surface area (Å²) in [4.78, 5) is 0. The van der Waals surface area contributed by atoms with Crippen molar-refractivity contribution >= 4 is 0 Å². The van der Waals surface area contributed by atoms with Crippen LogP contribution in [0.4, 0.5) is 13.2 Å². The molecule has 1 nitrogen and oxygen atoms in total. The summed E-state index contributed by atoms with van der Waals surface area (Å²) in [7, 11) is 0. The minimum Gasteiger partial charge on any atom is -0.310 e. The van der Waals surface area contributed by atoms with Crippen LogP contribution in [0, 0.1) is 5.92 Å². The molecule has 0 radical (unpaired) electrons. The first-order valence-corrected chi connectivity index (χ1v) is 6.35. The van der Waals surface area contributed by atoms with Crippen LogP contribution in [-0.2, 0) is 12.7 Å². The van der Waals surface area contributed by atoms with Gasteiger partial charge in [-0.15, -0.1) is 0 Å². The van der Waals surface area contributed by atoms with E-state index in [0.717, 1.165) is 18.9 Å². The largest absolute Gasteiger partial charge is 0.416 e. The predicted octanol–water partition coefficient (Wildman–Crippen LogP) is 3.98. The van der Waals surface area contributed by atoms with Crippen LogP contribution < -0.4 is 5.32 Å². The highest BCUT2D eigenvalue weighted by Gasteiger charge is 2.33. The number of halogens is 3. The first-order valence-electron chi connectivity index (χ1n) is 6.35. The third-order valence-electron chi connectivity index (χ3n) is 3.60. The van der Waals surface area contributed by atoms with Crippen LogP contribution in [0.3, 0.4) is 0 Å². The summed E-state index contributed by atoms with van der Waals surface area (Å²) in [6, 6.07) is 6.15. The lowest BCUT2D eigenvalue weighted by molar-refractivity contribution is -0.138. The van der Waals surface area contributed by atoms with Crippen molar-refractivity contribution < 1.29 is 13.2 Å². The number of hydrogen-bond acceptors (Lipinski definition) is 1. The van der Waals surface area contributed by atoms with Crippen molar-refractivity contribution in [1.82, 2.24) is 5.32 Å². The molecule has 18 heavy (non-hydrogen) atoms. The molecule has 0 amide bonds. The molecule has 1 aromatic carbocycles. The number of hydrogen-bond donors (Lipinski definition) is 1. The first-order chi connectivity index (χ1) is 8.47. The van der Waals surface area contributed by atoms with E-state index in [1.807, 2.05) is 0 Å². The summed E-state index contributed by atoms with van der Waals surface area (Å²) in [5, 5.41) is 3.24. The van der Waals surface area contributed by atoms with E-state index in [9.17, 15) is 13.2 Å². The molecule has 0 aliphatic heterocycles. The van der Waals surface area contributed by atoms with Gasteiger partial charge in [0.2, 0.25) is 0 Å². The zero-order valence-electron chi connectivity index (χ0n) is 10.4. The van der Waals surface area contributed by atoms with Crippen molar-refractivity contribution in [2.75, 3.05) is 0 Å². The van der Waals surface area contributed by atoms with Gasteiger partial charge in [0.1, 0.15) is 0 Å². The van der Waals surface area contributed by atoms with Gasteiger partial charge in [0.15, 0.2) is 0 Å². The van der Waals surface area contributed by atoms with Crippen LogP contribution in [0.25, 0.3) is 0 Å². The van der Waals surface area contributed by atoms with Crippen LogP contribution in [0.15, 0.2) is 24.3 Å². The summed E-state index contributed by atoms with van der Waals surface area (Å²) >= 11 is 0. The van der Waals surface area contributed by atoms with Crippen LogP contribution >= 0.6 is 0 Å². The van der Waals surface area contributed by atoms with E-state index in [1.165, 1.54) is 12.5 Å². The van der Waals surface area contributed by atoms with Gasteiger partial charge in [0.25, 0.3) is 0 Å². The van der Waals surface area contributed by atoms with Gasteiger partial charge in [0.05, 0.1) is 5.56 Å². The van der Waals surface area contributed by atoms with Crippen molar-refractivity contribution in [2.45, 2.75) is 44.9 Å². The molecule has 0 aromatic heterocycles. The van der Waals surface area contributed by atoms with E-state index >= 15 is 0 Å². The molecule has 2 rings (SSSR count). The van der Waals surface area contributed by atoms with Crippen LogP contribution in [0.1, 0.15) is 37.3 Å². The molecule has 0 heterocycles. The van der Waals surface area contributed by atoms with Crippen LogP contribution in [0.2, 0.25) is 0 Å². The van der Waals surface area contributed by atoms with Crippen LogP contribution in [-0.4, -0.2) is 6.04 Å². The van der Waals surface area contributed by atoms with Crippen LogP contribution in [0.5, 0.6) is 0 Å². The summed E-state index contributed by atoms with van der Waals surface area (Å²) < 4.78 is 38.3. The highest BCUT2D eigenvalue weighted by atomic mass is 19.4. The lowest BCUT2D eigenvalue weighted by atomic mass is 10.1. The number of rotatable bonds is 3. The fourth-order valence-electron chi connectivity index (χ4n) is 2.60. The van der Waals surface area contributed by atoms with Gasteiger partial charge in [-0.25, -0.2) is 0 Å². The maximum absolute atomic E-state index is 12.8. The Kier molecular flexibility index (Phi) is 3.95. The molecule has 1 aromatic rings. The number of benzene rings is 1. The van der Waals surface area contributed by atoms with E-state index in [0.29, 0.717) is 24.1 Å². The molecule has 0 saturated heterocycles. The van der Waals surface area contributed by atoms with Crippen molar-refractivity contribution in [3.63, 3.8) is 0 Å². The maximum atomic E-state index is 12.8. The van der Waals surface area contributed by atoms with E-state index in [4.69, 9.17) is 0 Å². The SMILES string of the molecule is CC1CCC(NCc2ccccc2C(F)(F)F)C1. The van der Waals surface area contributed by atoms with Gasteiger partial charge in [-0.1, -0.05) is 25.1 Å². The van der Waals surface area contributed by atoms with E-state index in [2.05, 4.69) is 12.2 Å². The Morgan fingerprint density at radius 3 is 2.56 bits per heavy atom. The lowest BCUT2D eigenvalue weighted by Gasteiger charge is -2.16. The summed E-state index contributed by atoms with van der Waals surface area (Å²) in [5.41, 5.74) is -0.187. The molecule has 1 aliphatic rings. The average molecular weight is 257 g/mol. The quantitative estimate of drug-likeness (QED) is 0.863. The van der Waals surface area contributed by atoms with Gasteiger partial charge >= 0.3 is 6.18 Å². The highest BCUT2D eigenvalue weighted by Crippen LogP contribution is 2.32. The van der Waals surface area contributed by atoms with Crippen molar-refractivity contribution in [3.8, 4) is 0 Å². The molecular weight excluding hydrogens is 239 g/mol. The molecule has 1 aliphatic carbocycles. The average Bonchev–Trinajstić information content (AvgIpc) is 2.72. The normalized spacial score (nSPS) is 24.4. The Balaban J connectivity index is 2.01. The second-order valence-electron chi connectivity index (χ2n) is 5.15. The van der Waals surface area contributed by atoms with E-state index < -0.39 is 11.7 Å². The molecule has 1 saturated carbocycles. The second kappa shape index (κ2) is 5.31. The summed E-state index contributed by atoms with van der Waals surface area (Å²) in [5.74, 6) is 0.681. The third kappa shape index (κ3) is 3.25. The molecule has 4 heteroatoms. The molecule has 1 N–H and O–H groups in total. The molecular formula is C14H18F3N. The first kappa shape index (κ1) is 13.4. The zero-order chi connectivity index (χ0) is 13.2. The zero-order valence-corrected chi connectivity index (χ0v) is 10.4. The topological polar surface area (TPSA) is 12.0 Å². The smallest absolute Gasteiger partial charge is 0.310 e. The van der Waals surface area contributed by atoms with Gasteiger partial charge in [-0.3, -0.25) is 0 Å². The Labute approximate surface area is 105 Å². The standard InChI is InChI=1S/C14H18F3N/c1-10-6-7-12(8-10)18-9-11-4-2-3-5-13(11)14(15,16)17/h2-5,10,12,18H,6-9H2,1H3. The van der Waals surface area contributed by atoms with E-state index in [-0.39, 0.29) is 0 Å². The molecule has 100 valence electrons. The van der Waals surface area contributed by atoms with Crippen molar-refractivity contribution in [3.05, 3.63) is 35.4 Å². The highest BCUT2D eigenvalue weighted by molar-refractivity contribution is 5.29. The summed E-state index contributed by atoms with van der Waals surface area (Å²) in [6.07, 6.45) is -0.969. The van der Waals surface area contributed by atoms with Crippen molar-refractivity contribution in [2.24, 2.45) is 5.92 Å². The van der Waals surface area contributed by atoms with Gasteiger partial charge < -0.3 is 5.32 Å². The number of nitrogens with one attached hydrogen (secondary N) is 1. The summed E-state index contributed by atoms with van der Waals surface area (Å²) in [6.45, 7) is 2.48.